The van der Waals surface area contributed by atoms with E-state index in [0.717, 1.165) is 14.7 Å². The summed E-state index contributed by atoms with van der Waals surface area (Å²) in [7, 11) is 10.4. The highest BCUT2D eigenvalue weighted by molar-refractivity contribution is 5.98. The molecule has 0 saturated carbocycles. The number of nitrogens with zero attached hydrogens (tertiary/aromatic N) is 8. The molecule has 12 atom stereocenters. The topological polar surface area (TPSA) is 298 Å². The molecular formula is C60H110N12O12. The first-order valence-corrected chi connectivity index (χ1v) is 30.1. The summed E-state index contributed by atoms with van der Waals surface area (Å²) in [6.45, 7) is 27.2. The van der Waals surface area contributed by atoms with Gasteiger partial charge in [0.2, 0.25) is 41.4 Å². The number of amides is 8. The van der Waals surface area contributed by atoms with Gasteiger partial charge < -0.3 is 55.4 Å². The first-order valence-electron chi connectivity index (χ1n) is 30.1. The molecular weight excluding hydrogens is 1080 g/mol. The molecule has 1 aliphatic heterocycles. The quantitative estimate of drug-likeness (QED) is 0.0800. The van der Waals surface area contributed by atoms with Gasteiger partial charge in [-0.3, -0.25) is 48.7 Å². The molecule has 0 aromatic carbocycles. The number of hydrogen-bond donors (Lipinski definition) is 6. The number of likely N-dealkylation sites (N-methyl/N-ethyl adjacent to an activating group) is 5. The van der Waals surface area contributed by atoms with Crippen LogP contribution in [0.25, 0.3) is 0 Å². The Morgan fingerprint density at radius 1 is 0.595 bits per heavy atom. The zero-order valence-corrected chi connectivity index (χ0v) is 55.0. The highest BCUT2D eigenvalue weighted by Crippen LogP contribution is 2.24. The van der Waals surface area contributed by atoms with E-state index in [1.54, 1.807) is 41.8 Å². The van der Waals surface area contributed by atoms with Crippen molar-refractivity contribution in [3.63, 3.8) is 0 Å². The molecule has 1 fully saturated rings. The van der Waals surface area contributed by atoms with E-state index >= 15 is 4.79 Å². The Morgan fingerprint density at radius 3 is 1.57 bits per heavy atom. The monoisotopic (exact) mass is 1190 g/mol. The fourth-order valence-corrected chi connectivity index (χ4v) is 10.4. The van der Waals surface area contributed by atoms with Gasteiger partial charge in [0, 0.05) is 48.2 Å². The first-order chi connectivity index (χ1) is 38.8. The normalized spacial score (nSPS) is 26.1. The fraction of sp³-hybridized carbons (Fsp3) is 0.833. The van der Waals surface area contributed by atoms with Crippen molar-refractivity contribution in [2.75, 3.05) is 69.0 Å². The highest BCUT2D eigenvalue weighted by atomic mass is 16.6. The zero-order valence-electron chi connectivity index (χ0n) is 55.0. The van der Waals surface area contributed by atoms with Gasteiger partial charge in [0.25, 0.3) is 0 Å². The number of aliphatic hydroxyl groups excluding tert-OH is 2. The highest BCUT2D eigenvalue weighted by Gasteiger charge is 2.45. The lowest BCUT2D eigenvalue weighted by molar-refractivity contribution is -0.155. The molecule has 24 nitrogen and oxygen atoms in total. The average molecular weight is 1190 g/mol. The van der Waals surface area contributed by atoms with Gasteiger partial charge in [0.1, 0.15) is 42.3 Å². The first kappa shape index (κ1) is 76.5. The second kappa shape index (κ2) is 35.9. The predicted molar refractivity (Wildman–Crippen MR) is 322 cm³/mol. The molecule has 0 spiro atoms. The van der Waals surface area contributed by atoms with Crippen LogP contribution in [0.15, 0.2) is 0 Å². The van der Waals surface area contributed by atoms with Gasteiger partial charge in [-0.05, 0) is 114 Å². The zero-order chi connectivity index (χ0) is 64.9. The smallest absolute Gasteiger partial charge is 0.391 e. The average Bonchev–Trinajstić information content (AvgIpc) is 2.74. The van der Waals surface area contributed by atoms with E-state index < -0.39 is 139 Å². The maximum absolute atomic E-state index is 15.1. The van der Waals surface area contributed by atoms with Crippen LogP contribution >= 0.6 is 0 Å². The summed E-state index contributed by atoms with van der Waals surface area (Å²) >= 11 is 0. The summed E-state index contributed by atoms with van der Waals surface area (Å²) in [5.74, 6) is -7.85. The van der Waals surface area contributed by atoms with E-state index in [9.17, 15) is 53.8 Å². The van der Waals surface area contributed by atoms with Gasteiger partial charge in [0.05, 0.1) is 37.2 Å². The van der Waals surface area contributed by atoms with Crippen molar-refractivity contribution in [1.82, 2.24) is 55.6 Å². The van der Waals surface area contributed by atoms with Gasteiger partial charge in [-0.2, -0.15) is 5.26 Å². The number of aliphatic hydroxyl groups is 2. The molecule has 0 bridgehead atoms. The molecule has 84 heavy (non-hydrogen) atoms. The third-order valence-electron chi connectivity index (χ3n) is 15.6. The lowest BCUT2D eigenvalue weighted by Crippen LogP contribution is -2.64. The van der Waals surface area contributed by atoms with Crippen LogP contribution in [0.5, 0.6) is 0 Å². The standard InChI is InChI=1S/C60H110N12O12/c1-34(2)28-43-56(79)71(21)50(39(11)12)58(81)72(22)51(52(75)40(13)24-27-66(16)26-23-25-61)55(78)65-49(42(15)73)57(80)67(17)33-48(74)68(18)44(29-35(3)4)54(77)64-47(32-38(9)10)70(20)46(31-37(7)8)62-41(14)59(82)84-60(83)69(19)45(30-36(5)6)53(76)63-43/h34-47,49-52,62,73,75H,23-24,26-33H2,1-22H3,(H,63,76)(H,64,77)(H,65,78)/t40-,41-,42-,43-,44+,45-,46-,47+,49?,50?,51?,52-/m1/s1. The lowest BCUT2D eigenvalue weighted by Gasteiger charge is -2.40. The van der Waals surface area contributed by atoms with Gasteiger partial charge in [-0.15, -0.1) is 0 Å². The molecule has 6 N–H and O–H groups in total. The van der Waals surface area contributed by atoms with Crippen LogP contribution in [0.1, 0.15) is 149 Å². The van der Waals surface area contributed by atoms with E-state index in [-0.39, 0.29) is 61.7 Å². The summed E-state index contributed by atoms with van der Waals surface area (Å²) in [4.78, 5) is 140. The maximum Gasteiger partial charge on any atom is 0.417 e. The Morgan fingerprint density at radius 2 is 1.08 bits per heavy atom. The number of cyclic esters (lactones) is 2. The predicted octanol–water partition coefficient (Wildman–Crippen LogP) is 3.05. The molecule has 1 heterocycles. The van der Waals surface area contributed by atoms with Gasteiger partial charge in [0.15, 0.2) is 0 Å². The Balaban J connectivity index is 4.33. The number of rotatable bonds is 19. The Kier molecular flexibility index (Phi) is 32.7. The Hall–Kier alpha value is -5.48. The summed E-state index contributed by atoms with van der Waals surface area (Å²) in [5, 5.41) is 44.5. The van der Waals surface area contributed by atoms with Crippen LogP contribution in [0.4, 0.5) is 4.79 Å². The summed E-state index contributed by atoms with van der Waals surface area (Å²) < 4.78 is 5.48. The van der Waals surface area contributed by atoms with Crippen LogP contribution in [0.3, 0.4) is 0 Å². The van der Waals surface area contributed by atoms with E-state index in [1.165, 1.54) is 52.0 Å². The lowest BCUT2D eigenvalue weighted by atomic mass is 9.91. The van der Waals surface area contributed by atoms with Crippen LogP contribution in [0, 0.1) is 52.8 Å². The largest absolute Gasteiger partial charge is 0.417 e. The second-order valence-electron chi connectivity index (χ2n) is 26.1. The summed E-state index contributed by atoms with van der Waals surface area (Å²) in [6, 6.07) is -7.30. The molecule has 8 amide bonds. The number of ether oxygens (including phenoxy) is 1. The van der Waals surface area contributed by atoms with Crippen molar-refractivity contribution in [2.24, 2.45) is 41.4 Å². The van der Waals surface area contributed by atoms with Gasteiger partial charge >= 0.3 is 12.1 Å². The summed E-state index contributed by atoms with van der Waals surface area (Å²) in [6.07, 6.45) is -3.68. The van der Waals surface area contributed by atoms with Crippen molar-refractivity contribution < 1.29 is 58.1 Å². The molecule has 0 radical (unpaired) electrons. The molecule has 0 aromatic heterocycles. The number of esters is 1. The van der Waals surface area contributed by atoms with Crippen molar-refractivity contribution in [1.29, 1.82) is 5.26 Å². The molecule has 0 aromatic rings. The SMILES string of the molecule is CC(C)C[C@@H]1C(=O)N[C@H](CC(C)C)C(=O)N(C)C(C(C)C)C(=O)N(C)C([C@H](O)[C@H](C)CCN(C)CCC#N)C(=O)NC([C@@H](C)O)C(=O)N(C)CC(=O)N(C)[C@@H](CC(C)C)C(=O)N[C@H](CC(C)C)N(C)[C@H](CC(C)C)N[C@H](C)C(=O)OC(=O)N1C. The minimum absolute atomic E-state index is 0.0454. The van der Waals surface area contributed by atoms with Crippen LogP contribution in [-0.4, -0.2) is 234 Å². The van der Waals surface area contributed by atoms with Crippen molar-refractivity contribution in [3.8, 4) is 6.07 Å². The van der Waals surface area contributed by atoms with Crippen molar-refractivity contribution in [3.05, 3.63) is 0 Å². The van der Waals surface area contributed by atoms with Gasteiger partial charge in [-0.1, -0.05) is 90.0 Å². The van der Waals surface area contributed by atoms with E-state index in [2.05, 4.69) is 27.3 Å². The molecule has 3 unspecified atom stereocenters. The number of nitrogens with one attached hydrogen (secondary N) is 4. The van der Waals surface area contributed by atoms with Crippen LogP contribution in [0.2, 0.25) is 0 Å². The minimum atomic E-state index is -1.74. The molecule has 482 valence electrons. The Labute approximate surface area is 502 Å². The Bertz CT molecular complexity index is 2210. The van der Waals surface area contributed by atoms with Crippen LogP contribution in [-0.2, 0) is 43.1 Å². The van der Waals surface area contributed by atoms with E-state index in [4.69, 9.17) is 4.74 Å². The molecule has 0 aliphatic carbocycles. The second-order valence-corrected chi connectivity index (χ2v) is 26.1. The molecule has 1 aliphatic rings. The molecule has 1 rings (SSSR count). The third-order valence-corrected chi connectivity index (χ3v) is 15.6. The minimum Gasteiger partial charge on any atom is -0.391 e. The number of hydrogen-bond acceptors (Lipinski definition) is 16. The van der Waals surface area contributed by atoms with E-state index in [0.29, 0.717) is 25.9 Å². The van der Waals surface area contributed by atoms with Crippen LogP contribution < -0.4 is 21.3 Å². The summed E-state index contributed by atoms with van der Waals surface area (Å²) in [5.41, 5.74) is 0. The molecule has 24 heteroatoms. The number of nitriles is 1. The molecule has 1 saturated heterocycles. The fourth-order valence-electron chi connectivity index (χ4n) is 10.4. The number of carbonyl (C=O) groups excluding carboxylic acids is 9. The maximum atomic E-state index is 15.1. The number of carbonyl (C=O) groups is 9. The van der Waals surface area contributed by atoms with Crippen molar-refractivity contribution >= 4 is 53.4 Å². The van der Waals surface area contributed by atoms with Gasteiger partial charge in [-0.25, -0.2) is 9.59 Å². The van der Waals surface area contributed by atoms with Crippen molar-refractivity contribution in [2.45, 2.75) is 216 Å². The van der Waals surface area contributed by atoms with E-state index in [1.807, 2.05) is 79.0 Å². The third kappa shape index (κ3) is 23.8.